The molecule has 166 valence electrons. The van der Waals surface area contributed by atoms with E-state index in [-0.39, 0.29) is 11.5 Å². The first-order chi connectivity index (χ1) is 16.0. The molecule has 3 heterocycles. The average Bonchev–Trinajstić information content (AvgIpc) is 3.34. The summed E-state index contributed by atoms with van der Waals surface area (Å²) in [5.41, 5.74) is 16.0. The van der Waals surface area contributed by atoms with Crippen LogP contribution < -0.4 is 17.0 Å². The molecule has 0 bridgehead atoms. The summed E-state index contributed by atoms with van der Waals surface area (Å²) >= 11 is 7.70. The molecular formula is C24H21ClN6OS. The molecule has 0 aliphatic heterocycles. The number of nitrogens with two attached hydrogens (primary N) is 2. The number of thiazole rings is 1. The van der Waals surface area contributed by atoms with Gasteiger partial charge in [-0.2, -0.15) is 4.98 Å². The summed E-state index contributed by atoms with van der Waals surface area (Å²) in [7, 11) is 0. The Kier molecular flexibility index (Phi) is 6.67. The number of aromatic nitrogens is 4. The van der Waals surface area contributed by atoms with Gasteiger partial charge in [-0.15, -0.1) is 11.3 Å². The highest BCUT2D eigenvalue weighted by Gasteiger charge is 2.12. The minimum atomic E-state index is -0.0591. The number of hydrogen-bond donors (Lipinski definition) is 2. The highest BCUT2D eigenvalue weighted by Crippen LogP contribution is 2.24. The lowest BCUT2D eigenvalue weighted by Gasteiger charge is -2.14. The predicted molar refractivity (Wildman–Crippen MR) is 136 cm³/mol. The maximum absolute atomic E-state index is 12.8. The molecule has 33 heavy (non-hydrogen) atoms. The van der Waals surface area contributed by atoms with E-state index in [1.54, 1.807) is 22.3 Å². The van der Waals surface area contributed by atoms with Crippen molar-refractivity contribution in [1.82, 2.24) is 19.5 Å². The van der Waals surface area contributed by atoms with Crippen molar-refractivity contribution in [2.75, 3.05) is 11.5 Å². The number of benzene rings is 2. The molecule has 0 radical (unpaired) electrons. The van der Waals surface area contributed by atoms with E-state index in [2.05, 4.69) is 15.0 Å². The molecule has 0 spiro atoms. The maximum Gasteiger partial charge on any atom is 0.264 e. The molecule has 2 aromatic carbocycles. The Hall–Kier alpha value is -3.75. The van der Waals surface area contributed by atoms with E-state index in [4.69, 9.17) is 23.1 Å². The second-order valence-corrected chi connectivity index (χ2v) is 8.20. The van der Waals surface area contributed by atoms with Crippen molar-refractivity contribution < 1.29 is 0 Å². The van der Waals surface area contributed by atoms with Crippen LogP contribution in [-0.4, -0.2) is 19.5 Å². The molecule has 7 nitrogen and oxygen atoms in total. The van der Waals surface area contributed by atoms with Crippen LogP contribution >= 0.6 is 22.9 Å². The first kappa shape index (κ1) is 22.4. The molecule has 5 rings (SSSR count). The van der Waals surface area contributed by atoms with Crippen molar-refractivity contribution >= 4 is 45.5 Å². The molecule has 4 N–H and O–H groups in total. The maximum atomic E-state index is 12.8. The summed E-state index contributed by atoms with van der Waals surface area (Å²) in [4.78, 5) is 24.6. The Morgan fingerprint density at radius 1 is 1.06 bits per heavy atom. The Balaban J connectivity index is 0.000000172. The lowest BCUT2D eigenvalue weighted by Crippen LogP contribution is -2.22. The molecule has 0 saturated carbocycles. The van der Waals surface area contributed by atoms with Gasteiger partial charge < -0.3 is 11.5 Å². The van der Waals surface area contributed by atoms with Gasteiger partial charge >= 0.3 is 0 Å². The van der Waals surface area contributed by atoms with Crippen molar-refractivity contribution in [3.8, 4) is 16.9 Å². The topological polar surface area (TPSA) is 113 Å². The number of nitrogens with zero attached hydrogens (tertiary/aromatic N) is 4. The minimum Gasteiger partial charge on any atom is -0.383 e. The van der Waals surface area contributed by atoms with Crippen LogP contribution in [0.2, 0.25) is 5.02 Å². The van der Waals surface area contributed by atoms with E-state index < -0.39 is 0 Å². The van der Waals surface area contributed by atoms with E-state index in [9.17, 15) is 4.79 Å². The van der Waals surface area contributed by atoms with Crippen LogP contribution in [0.1, 0.15) is 12.6 Å². The molecule has 0 unspecified atom stereocenters. The standard InChI is InChI=1S/C17H14ClNO.C7H7N5S/c1-2-13-11-12-7-6-10-15(18)16(12)17(20)19(13)14-8-4-3-5-9-14;8-6-4(1-10-7(9)12-6)5-2-13-3-11-5/h3-11H,2H2,1H3;1-3H,(H4,8,9,10,12). The van der Waals surface area contributed by atoms with Gasteiger partial charge in [0.2, 0.25) is 5.95 Å². The number of fused-ring (bicyclic) bond motifs is 1. The Morgan fingerprint density at radius 3 is 2.52 bits per heavy atom. The molecule has 0 aliphatic rings. The fraction of sp³-hybridized carbons (Fsp3) is 0.0833. The number of rotatable bonds is 3. The second-order valence-electron chi connectivity index (χ2n) is 7.07. The highest BCUT2D eigenvalue weighted by molar-refractivity contribution is 7.07. The van der Waals surface area contributed by atoms with Crippen LogP contribution in [0.25, 0.3) is 27.7 Å². The second kappa shape index (κ2) is 9.81. The van der Waals surface area contributed by atoms with E-state index >= 15 is 0 Å². The lowest BCUT2D eigenvalue weighted by molar-refractivity contribution is 0.889. The van der Waals surface area contributed by atoms with Crippen LogP contribution in [-0.2, 0) is 6.42 Å². The van der Waals surface area contributed by atoms with Gasteiger partial charge in [-0.1, -0.05) is 48.9 Å². The summed E-state index contributed by atoms with van der Waals surface area (Å²) in [6.45, 7) is 2.05. The zero-order valence-electron chi connectivity index (χ0n) is 17.8. The van der Waals surface area contributed by atoms with Crippen molar-refractivity contribution in [3.63, 3.8) is 0 Å². The van der Waals surface area contributed by atoms with Gasteiger partial charge in [0, 0.05) is 23.0 Å². The highest BCUT2D eigenvalue weighted by atomic mass is 35.5. The van der Waals surface area contributed by atoms with E-state index in [1.165, 1.54) is 11.3 Å². The third kappa shape index (κ3) is 4.72. The van der Waals surface area contributed by atoms with Crippen LogP contribution in [0.3, 0.4) is 0 Å². The van der Waals surface area contributed by atoms with Gasteiger partial charge in [-0.3, -0.25) is 9.36 Å². The monoisotopic (exact) mass is 476 g/mol. The lowest BCUT2D eigenvalue weighted by atomic mass is 10.1. The van der Waals surface area contributed by atoms with Crippen molar-refractivity contribution in [1.29, 1.82) is 0 Å². The largest absolute Gasteiger partial charge is 0.383 e. The third-order valence-corrected chi connectivity index (χ3v) is 5.90. The number of pyridine rings is 1. The zero-order chi connectivity index (χ0) is 23.4. The average molecular weight is 477 g/mol. The normalized spacial score (nSPS) is 10.6. The smallest absolute Gasteiger partial charge is 0.264 e. The number of halogens is 1. The molecular weight excluding hydrogens is 456 g/mol. The van der Waals surface area contributed by atoms with E-state index in [0.717, 1.165) is 34.4 Å². The van der Waals surface area contributed by atoms with Gasteiger partial charge in [0.25, 0.3) is 5.56 Å². The summed E-state index contributed by atoms with van der Waals surface area (Å²) in [6, 6.07) is 17.3. The Labute approximate surface area is 199 Å². The summed E-state index contributed by atoms with van der Waals surface area (Å²) < 4.78 is 1.74. The van der Waals surface area contributed by atoms with Gasteiger partial charge in [-0.25, -0.2) is 9.97 Å². The number of para-hydroxylation sites is 1. The van der Waals surface area contributed by atoms with Crippen molar-refractivity contribution in [2.24, 2.45) is 0 Å². The minimum absolute atomic E-state index is 0.0591. The Morgan fingerprint density at radius 2 is 1.85 bits per heavy atom. The van der Waals surface area contributed by atoms with Crippen LogP contribution in [0.4, 0.5) is 11.8 Å². The fourth-order valence-corrected chi connectivity index (χ4v) is 4.26. The predicted octanol–water partition coefficient (Wildman–Crippen LogP) is 4.97. The van der Waals surface area contributed by atoms with Gasteiger partial charge in [0.05, 0.1) is 27.2 Å². The zero-order valence-corrected chi connectivity index (χ0v) is 19.3. The Bertz CT molecular complexity index is 1450. The van der Waals surface area contributed by atoms with Gasteiger partial charge in [0.1, 0.15) is 5.82 Å². The molecule has 0 atom stereocenters. The first-order valence-electron chi connectivity index (χ1n) is 10.1. The summed E-state index contributed by atoms with van der Waals surface area (Å²) in [5, 5.41) is 3.85. The number of nitrogen functional groups attached to an aromatic ring is 2. The van der Waals surface area contributed by atoms with Gasteiger partial charge in [0.15, 0.2) is 0 Å². The van der Waals surface area contributed by atoms with E-state index in [0.29, 0.717) is 16.2 Å². The van der Waals surface area contributed by atoms with Crippen molar-refractivity contribution in [2.45, 2.75) is 13.3 Å². The molecule has 0 saturated heterocycles. The fourth-order valence-electron chi connectivity index (χ4n) is 3.45. The molecule has 5 aromatic rings. The van der Waals surface area contributed by atoms with Crippen LogP contribution in [0.15, 0.2) is 76.5 Å². The third-order valence-electron chi connectivity index (χ3n) is 4.99. The number of hydrogen-bond acceptors (Lipinski definition) is 7. The van der Waals surface area contributed by atoms with Crippen LogP contribution in [0, 0.1) is 0 Å². The SMILES string of the molecule is CCc1cc2cccc(Cl)c2c(=O)n1-c1ccccc1.Nc1ncc(-c2cscn2)c(N)n1. The molecule has 0 amide bonds. The van der Waals surface area contributed by atoms with E-state index in [1.807, 2.05) is 60.8 Å². The first-order valence-corrected chi connectivity index (χ1v) is 11.5. The molecule has 0 fully saturated rings. The summed E-state index contributed by atoms with van der Waals surface area (Å²) in [6.07, 6.45) is 2.36. The van der Waals surface area contributed by atoms with Gasteiger partial charge in [-0.05, 0) is 36.1 Å². The molecule has 9 heteroatoms. The van der Waals surface area contributed by atoms with Crippen molar-refractivity contribution in [3.05, 3.63) is 92.8 Å². The number of aryl methyl sites for hydroxylation is 1. The quantitative estimate of drug-likeness (QED) is 0.380. The van der Waals surface area contributed by atoms with Crippen LogP contribution in [0.5, 0.6) is 0 Å². The molecule has 3 aromatic heterocycles. The number of anilines is 2. The molecule has 0 aliphatic carbocycles. The summed E-state index contributed by atoms with van der Waals surface area (Å²) in [5.74, 6) is 0.537.